The molecule has 3 unspecified atom stereocenters. The lowest BCUT2D eigenvalue weighted by molar-refractivity contribution is -0.134. The summed E-state index contributed by atoms with van der Waals surface area (Å²) in [6, 6.07) is 0. The van der Waals surface area contributed by atoms with Crippen molar-refractivity contribution in [3.63, 3.8) is 0 Å². The predicted octanol–water partition coefficient (Wildman–Crippen LogP) is 0.448. The van der Waals surface area contributed by atoms with Crippen molar-refractivity contribution in [1.29, 1.82) is 0 Å². The van der Waals surface area contributed by atoms with Gasteiger partial charge in [0.2, 0.25) is 5.91 Å². The number of likely N-dealkylation sites (tertiary alicyclic amines) is 1. The van der Waals surface area contributed by atoms with Crippen LogP contribution in [0.2, 0.25) is 0 Å². The number of carbonyl (C=O) groups is 1. The molecule has 2 N–H and O–H groups in total. The molecule has 2 rings (SSSR count). The quantitative estimate of drug-likeness (QED) is 0.640. The summed E-state index contributed by atoms with van der Waals surface area (Å²) in [7, 11) is 0. The number of carbonyl (C=O) groups excluding carboxylic acids is 1. The van der Waals surface area contributed by atoms with Gasteiger partial charge in [0.05, 0.1) is 0 Å². The molecule has 2 fully saturated rings. The minimum Gasteiger partial charge on any atom is -0.337 e. The molecule has 2 aliphatic rings. The van der Waals surface area contributed by atoms with E-state index in [9.17, 15) is 4.79 Å². The highest BCUT2D eigenvalue weighted by Gasteiger charge is 2.61. The van der Waals surface area contributed by atoms with Gasteiger partial charge in [-0.15, -0.1) is 0 Å². The van der Waals surface area contributed by atoms with Crippen LogP contribution in [0, 0.1) is 17.8 Å². The highest BCUT2D eigenvalue weighted by Crippen LogP contribution is 2.53. The molecule has 0 aromatic rings. The van der Waals surface area contributed by atoms with Crippen LogP contribution in [0.4, 0.5) is 0 Å². The molecule has 0 aromatic carbocycles. The van der Waals surface area contributed by atoms with Crippen molar-refractivity contribution in [2.45, 2.75) is 26.3 Å². The van der Waals surface area contributed by atoms with Crippen LogP contribution in [-0.2, 0) is 4.79 Å². The number of amides is 1. The maximum Gasteiger partial charge on any atom is 0.226 e. The second kappa shape index (κ2) is 2.47. The zero-order valence-corrected chi connectivity index (χ0v) is 8.58. The summed E-state index contributed by atoms with van der Waals surface area (Å²) in [5.41, 5.74) is 5.56. The Bertz CT molecular complexity index is 244. The number of piperidine rings is 1. The zero-order valence-electron chi connectivity index (χ0n) is 8.58. The predicted molar refractivity (Wildman–Crippen MR) is 51.0 cm³/mol. The molecule has 1 aliphatic heterocycles. The molecule has 1 saturated heterocycles. The number of hydrogen-bond donors (Lipinski definition) is 1. The smallest absolute Gasteiger partial charge is 0.226 e. The number of rotatable bonds is 1. The highest BCUT2D eigenvalue weighted by atomic mass is 16.2. The van der Waals surface area contributed by atoms with E-state index in [0.717, 1.165) is 6.54 Å². The summed E-state index contributed by atoms with van der Waals surface area (Å²) in [4.78, 5) is 13.8. The number of hydrogen-bond acceptors (Lipinski definition) is 2. The lowest BCUT2D eigenvalue weighted by Crippen LogP contribution is -2.45. The fourth-order valence-corrected chi connectivity index (χ4v) is 2.47. The van der Waals surface area contributed by atoms with Crippen LogP contribution in [0.5, 0.6) is 0 Å². The van der Waals surface area contributed by atoms with Crippen LogP contribution in [0.3, 0.4) is 0 Å². The average molecular weight is 182 g/mol. The molecule has 0 aromatic heterocycles. The third-order valence-corrected chi connectivity index (χ3v) is 3.36. The molecule has 3 nitrogen and oxygen atoms in total. The molecular weight excluding hydrogens is 164 g/mol. The first kappa shape index (κ1) is 9.00. The van der Waals surface area contributed by atoms with Gasteiger partial charge in [0, 0.05) is 18.0 Å². The van der Waals surface area contributed by atoms with Crippen molar-refractivity contribution in [3.05, 3.63) is 0 Å². The fraction of sp³-hybridized carbons (Fsp3) is 0.900. The van der Waals surface area contributed by atoms with Crippen LogP contribution in [-0.4, -0.2) is 29.4 Å². The summed E-state index contributed by atoms with van der Waals surface area (Å²) >= 11 is 0. The minimum atomic E-state index is -0.0103. The van der Waals surface area contributed by atoms with Crippen LogP contribution >= 0.6 is 0 Å². The van der Waals surface area contributed by atoms with Gasteiger partial charge in [-0.1, -0.05) is 0 Å². The molecule has 1 aliphatic carbocycles. The number of fused-ring (bicyclic) bond motifs is 1. The largest absolute Gasteiger partial charge is 0.337 e. The first-order valence-corrected chi connectivity index (χ1v) is 4.98. The van der Waals surface area contributed by atoms with Crippen molar-refractivity contribution >= 4 is 5.91 Å². The minimum absolute atomic E-state index is 0.0103. The van der Waals surface area contributed by atoms with E-state index in [0.29, 0.717) is 24.3 Å². The van der Waals surface area contributed by atoms with E-state index in [4.69, 9.17) is 5.73 Å². The van der Waals surface area contributed by atoms with Crippen LogP contribution in [0.25, 0.3) is 0 Å². The van der Waals surface area contributed by atoms with Crippen molar-refractivity contribution < 1.29 is 4.79 Å². The van der Waals surface area contributed by atoms with Gasteiger partial charge in [0.1, 0.15) is 0 Å². The Labute approximate surface area is 79.3 Å². The molecule has 0 bridgehead atoms. The van der Waals surface area contributed by atoms with Crippen molar-refractivity contribution in [1.82, 2.24) is 4.90 Å². The van der Waals surface area contributed by atoms with Crippen molar-refractivity contribution in [2.24, 2.45) is 23.5 Å². The molecule has 1 heterocycles. The molecule has 74 valence electrons. The number of nitrogens with two attached hydrogens (primary N) is 1. The Kier molecular flexibility index (Phi) is 1.71. The van der Waals surface area contributed by atoms with E-state index >= 15 is 0 Å². The van der Waals surface area contributed by atoms with Gasteiger partial charge >= 0.3 is 0 Å². The summed E-state index contributed by atoms with van der Waals surface area (Å²) in [6.45, 7) is 7.88. The molecule has 0 radical (unpaired) electrons. The molecule has 0 spiro atoms. The van der Waals surface area contributed by atoms with Crippen LogP contribution in [0.15, 0.2) is 0 Å². The average Bonchev–Trinajstić information content (AvgIpc) is 2.60. The first-order valence-electron chi connectivity index (χ1n) is 4.98. The Hall–Kier alpha value is -0.570. The summed E-state index contributed by atoms with van der Waals surface area (Å²) in [5, 5.41) is 0. The third-order valence-electron chi connectivity index (χ3n) is 3.36. The van der Waals surface area contributed by atoms with Crippen molar-refractivity contribution in [2.75, 3.05) is 13.1 Å². The molecule has 1 amide bonds. The summed E-state index contributed by atoms with van der Waals surface area (Å²) in [5.74, 6) is 1.65. The summed E-state index contributed by atoms with van der Waals surface area (Å²) < 4.78 is 0. The Morgan fingerprint density at radius 2 is 2.15 bits per heavy atom. The van der Waals surface area contributed by atoms with E-state index in [-0.39, 0.29) is 11.5 Å². The standard InChI is InChI=1S/C10H18N2O/c1-10(2,3)12-5-7-6(4-11)8(7)9(12)13/h6-8H,4-5,11H2,1-3H3. The highest BCUT2D eigenvalue weighted by molar-refractivity contribution is 5.86. The Morgan fingerprint density at radius 1 is 1.54 bits per heavy atom. The monoisotopic (exact) mass is 182 g/mol. The van der Waals surface area contributed by atoms with Gasteiger partial charge in [-0.25, -0.2) is 0 Å². The lowest BCUT2D eigenvalue weighted by atomic mass is 10.1. The van der Waals surface area contributed by atoms with Gasteiger partial charge in [0.15, 0.2) is 0 Å². The molecule has 13 heavy (non-hydrogen) atoms. The molecule has 1 saturated carbocycles. The van der Waals surface area contributed by atoms with E-state index in [1.165, 1.54) is 0 Å². The van der Waals surface area contributed by atoms with E-state index < -0.39 is 0 Å². The topological polar surface area (TPSA) is 46.3 Å². The van der Waals surface area contributed by atoms with Gasteiger partial charge in [0.25, 0.3) is 0 Å². The normalized spacial score (nSPS) is 38.0. The maximum atomic E-state index is 11.8. The summed E-state index contributed by atoms with van der Waals surface area (Å²) in [6.07, 6.45) is 0. The maximum absolute atomic E-state index is 11.8. The third kappa shape index (κ3) is 1.17. The van der Waals surface area contributed by atoms with Gasteiger partial charge in [-0.2, -0.15) is 0 Å². The van der Waals surface area contributed by atoms with Gasteiger partial charge < -0.3 is 10.6 Å². The molecule has 3 heteroatoms. The van der Waals surface area contributed by atoms with E-state index in [1.54, 1.807) is 0 Å². The van der Waals surface area contributed by atoms with Crippen LogP contribution < -0.4 is 5.73 Å². The Morgan fingerprint density at radius 3 is 2.46 bits per heavy atom. The van der Waals surface area contributed by atoms with Crippen LogP contribution in [0.1, 0.15) is 20.8 Å². The molecular formula is C10H18N2O. The lowest BCUT2D eigenvalue weighted by Gasteiger charge is -2.33. The SMILES string of the molecule is CC(C)(C)N1CC2C(CN)C2C1=O. The van der Waals surface area contributed by atoms with Crippen molar-refractivity contribution in [3.8, 4) is 0 Å². The second-order valence-corrected chi connectivity index (χ2v) is 5.21. The second-order valence-electron chi connectivity index (χ2n) is 5.21. The first-order chi connectivity index (χ1) is 5.96. The Balaban J connectivity index is 2.06. The fourth-order valence-electron chi connectivity index (χ4n) is 2.47. The van der Waals surface area contributed by atoms with E-state index in [2.05, 4.69) is 20.8 Å². The zero-order chi connectivity index (χ0) is 9.80. The van der Waals surface area contributed by atoms with E-state index in [1.807, 2.05) is 4.90 Å². The van der Waals surface area contributed by atoms with Gasteiger partial charge in [-0.05, 0) is 39.2 Å². The van der Waals surface area contributed by atoms with Gasteiger partial charge in [-0.3, -0.25) is 4.79 Å². The molecule has 3 atom stereocenters. The number of nitrogens with zero attached hydrogens (tertiary/aromatic N) is 1.